The van der Waals surface area contributed by atoms with Crippen molar-refractivity contribution in [1.82, 2.24) is 14.3 Å². The summed E-state index contributed by atoms with van der Waals surface area (Å²) >= 11 is 0. The van der Waals surface area contributed by atoms with Crippen LogP contribution in [0.1, 0.15) is 30.4 Å². The monoisotopic (exact) mass is 414 g/mol. The highest BCUT2D eigenvalue weighted by molar-refractivity contribution is 6.02. The number of aromatic nitrogens is 2. The Hall–Kier alpha value is -3.92. The third-order valence-electron chi connectivity index (χ3n) is 5.32. The van der Waals surface area contributed by atoms with Gasteiger partial charge in [-0.05, 0) is 56.0 Å². The lowest BCUT2D eigenvalue weighted by Crippen LogP contribution is -2.36. The number of ether oxygens (including phenoxy) is 1. The van der Waals surface area contributed by atoms with Gasteiger partial charge in [-0.25, -0.2) is 0 Å². The van der Waals surface area contributed by atoms with E-state index in [0.717, 1.165) is 24.8 Å². The van der Waals surface area contributed by atoms with E-state index in [4.69, 9.17) is 4.74 Å². The van der Waals surface area contributed by atoms with Crippen molar-refractivity contribution in [3.05, 3.63) is 75.7 Å². The molecule has 2 aromatic heterocycles. The molecular weight excluding hydrogens is 392 g/mol. The number of pyridine rings is 1. The minimum Gasteiger partial charge on any atom is -0.438 e. The molecule has 1 aliphatic heterocycles. The van der Waals surface area contributed by atoms with Gasteiger partial charge in [0.15, 0.2) is 0 Å². The molecule has 1 aliphatic rings. The number of fused-ring (bicyclic) bond motifs is 1. The molecule has 1 aromatic carbocycles. The molecule has 7 heteroatoms. The summed E-state index contributed by atoms with van der Waals surface area (Å²) in [6.45, 7) is 3.11. The van der Waals surface area contributed by atoms with E-state index in [1.165, 1.54) is 10.5 Å². The maximum absolute atomic E-state index is 13.2. The molecule has 3 heterocycles. The minimum absolute atomic E-state index is 0.0599. The lowest BCUT2D eigenvalue weighted by molar-refractivity contribution is -0.127. The highest BCUT2D eigenvalue weighted by Gasteiger charge is 2.22. The van der Waals surface area contributed by atoms with E-state index >= 15 is 0 Å². The molecule has 0 spiro atoms. The van der Waals surface area contributed by atoms with Crippen LogP contribution in [0, 0.1) is 18.3 Å². The summed E-state index contributed by atoms with van der Waals surface area (Å²) in [6.07, 6.45) is 5.79. The molecule has 156 valence electrons. The quantitative estimate of drug-likeness (QED) is 0.480. The number of rotatable bonds is 4. The molecule has 0 aliphatic carbocycles. The van der Waals surface area contributed by atoms with Gasteiger partial charge in [-0.15, -0.1) is 0 Å². The van der Waals surface area contributed by atoms with E-state index in [1.54, 1.807) is 35.4 Å². The van der Waals surface area contributed by atoms with Crippen LogP contribution in [0.5, 0.6) is 11.6 Å². The summed E-state index contributed by atoms with van der Waals surface area (Å²) in [5.41, 5.74) is 0.833. The lowest BCUT2D eigenvalue weighted by atomic mass is 10.1. The van der Waals surface area contributed by atoms with E-state index < -0.39 is 5.56 Å². The number of hydrogen-bond donors (Lipinski definition) is 0. The van der Waals surface area contributed by atoms with Crippen molar-refractivity contribution >= 4 is 17.6 Å². The van der Waals surface area contributed by atoms with Crippen LogP contribution in [0.3, 0.4) is 0 Å². The molecule has 0 saturated carbocycles. The Morgan fingerprint density at radius 1 is 1.13 bits per heavy atom. The lowest BCUT2D eigenvalue weighted by Gasteiger charge is -2.26. The Morgan fingerprint density at radius 3 is 2.61 bits per heavy atom. The molecule has 0 N–H and O–H groups in total. The molecule has 0 atom stereocenters. The number of carbonyl (C=O) groups excluding carboxylic acids is 1. The molecular formula is C24H22N4O3. The van der Waals surface area contributed by atoms with Gasteiger partial charge in [0, 0.05) is 19.3 Å². The fourth-order valence-electron chi connectivity index (χ4n) is 3.61. The number of benzene rings is 1. The summed E-state index contributed by atoms with van der Waals surface area (Å²) in [7, 11) is 0. The second-order valence-corrected chi connectivity index (χ2v) is 7.45. The van der Waals surface area contributed by atoms with Gasteiger partial charge in [-0.3, -0.25) is 14.0 Å². The van der Waals surface area contributed by atoms with Crippen LogP contribution in [0.25, 0.3) is 11.7 Å². The Kier molecular flexibility index (Phi) is 5.80. The Labute approximate surface area is 179 Å². The SMILES string of the molecule is Cc1ccccc1Oc1nc2ccccn2c(=O)c1/C=C(\C#N)C(=O)N1CCCCC1. The number of hydrogen-bond acceptors (Lipinski definition) is 5. The number of piperidine rings is 1. The predicted octanol–water partition coefficient (Wildman–Crippen LogP) is 3.71. The summed E-state index contributed by atoms with van der Waals surface area (Å²) < 4.78 is 7.37. The van der Waals surface area contributed by atoms with Crippen LogP contribution >= 0.6 is 0 Å². The normalized spacial score (nSPS) is 14.3. The summed E-state index contributed by atoms with van der Waals surface area (Å²) in [6, 6.07) is 14.5. The van der Waals surface area contributed by atoms with E-state index in [2.05, 4.69) is 4.98 Å². The summed E-state index contributed by atoms with van der Waals surface area (Å²) in [5, 5.41) is 9.68. The third kappa shape index (κ3) is 4.19. The summed E-state index contributed by atoms with van der Waals surface area (Å²) in [4.78, 5) is 32.3. The topological polar surface area (TPSA) is 87.7 Å². The minimum atomic E-state index is -0.409. The smallest absolute Gasteiger partial charge is 0.269 e. The van der Waals surface area contributed by atoms with Gasteiger partial charge >= 0.3 is 0 Å². The summed E-state index contributed by atoms with van der Waals surface area (Å²) in [5.74, 6) is 0.233. The number of nitrogens with zero attached hydrogens (tertiary/aromatic N) is 4. The Balaban J connectivity index is 1.84. The molecule has 1 amide bonds. The van der Waals surface area contributed by atoms with Crippen LogP contribution in [0.2, 0.25) is 0 Å². The predicted molar refractivity (Wildman–Crippen MR) is 117 cm³/mol. The van der Waals surface area contributed by atoms with Crippen molar-refractivity contribution in [3.8, 4) is 17.7 Å². The number of carbonyl (C=O) groups is 1. The molecule has 7 nitrogen and oxygen atoms in total. The molecule has 0 unspecified atom stereocenters. The van der Waals surface area contributed by atoms with Crippen molar-refractivity contribution < 1.29 is 9.53 Å². The van der Waals surface area contributed by atoms with Gasteiger partial charge < -0.3 is 9.64 Å². The molecule has 1 fully saturated rings. The van der Waals surface area contributed by atoms with Crippen LogP contribution in [-0.4, -0.2) is 33.3 Å². The largest absolute Gasteiger partial charge is 0.438 e. The molecule has 0 radical (unpaired) electrons. The first-order valence-corrected chi connectivity index (χ1v) is 10.2. The van der Waals surface area contributed by atoms with Crippen LogP contribution < -0.4 is 10.3 Å². The molecule has 4 rings (SSSR count). The van der Waals surface area contributed by atoms with Crippen LogP contribution in [-0.2, 0) is 4.79 Å². The van der Waals surface area contributed by atoms with E-state index in [0.29, 0.717) is 24.5 Å². The zero-order chi connectivity index (χ0) is 21.8. The maximum Gasteiger partial charge on any atom is 0.269 e. The van der Waals surface area contributed by atoms with Gasteiger partial charge in [0.05, 0.1) is 0 Å². The standard InChI is InChI=1S/C24H22N4O3/c1-17-9-3-4-10-20(17)31-22-19(24(30)28-14-8-5-11-21(28)26-22)15-18(16-25)23(29)27-12-6-2-7-13-27/h3-5,8-11,14-15H,2,6-7,12-13H2,1H3/b18-15+. The van der Waals surface area contributed by atoms with Crippen LogP contribution in [0.15, 0.2) is 59.0 Å². The second kappa shape index (κ2) is 8.84. The first kappa shape index (κ1) is 20.4. The van der Waals surface area contributed by atoms with Crippen molar-refractivity contribution in [1.29, 1.82) is 5.26 Å². The second-order valence-electron chi connectivity index (χ2n) is 7.45. The highest BCUT2D eigenvalue weighted by Crippen LogP contribution is 2.27. The number of nitriles is 1. The van der Waals surface area contributed by atoms with Gasteiger partial charge in [-0.1, -0.05) is 24.3 Å². The number of amides is 1. The van der Waals surface area contributed by atoms with Gasteiger partial charge in [0.1, 0.15) is 28.6 Å². The Bertz CT molecular complexity index is 1260. The van der Waals surface area contributed by atoms with Crippen molar-refractivity contribution in [2.45, 2.75) is 26.2 Å². The molecule has 31 heavy (non-hydrogen) atoms. The van der Waals surface area contributed by atoms with E-state index in [9.17, 15) is 14.9 Å². The first-order chi connectivity index (χ1) is 15.1. The van der Waals surface area contributed by atoms with Gasteiger partial charge in [0.25, 0.3) is 11.5 Å². The fourth-order valence-corrected chi connectivity index (χ4v) is 3.61. The zero-order valence-corrected chi connectivity index (χ0v) is 17.2. The average molecular weight is 414 g/mol. The van der Waals surface area contributed by atoms with E-state index in [-0.39, 0.29) is 22.9 Å². The van der Waals surface area contributed by atoms with Gasteiger partial charge in [-0.2, -0.15) is 10.2 Å². The number of para-hydroxylation sites is 1. The van der Waals surface area contributed by atoms with Crippen molar-refractivity contribution in [2.75, 3.05) is 13.1 Å². The van der Waals surface area contributed by atoms with Gasteiger partial charge in [0.2, 0.25) is 5.88 Å². The zero-order valence-electron chi connectivity index (χ0n) is 17.2. The fraction of sp³-hybridized carbons (Fsp3) is 0.250. The molecule has 1 saturated heterocycles. The number of aryl methyl sites for hydroxylation is 1. The first-order valence-electron chi connectivity index (χ1n) is 10.2. The van der Waals surface area contributed by atoms with Crippen LogP contribution in [0.4, 0.5) is 0 Å². The van der Waals surface area contributed by atoms with Crippen molar-refractivity contribution in [3.63, 3.8) is 0 Å². The van der Waals surface area contributed by atoms with Crippen molar-refractivity contribution in [2.24, 2.45) is 0 Å². The molecule has 3 aromatic rings. The molecule has 0 bridgehead atoms. The highest BCUT2D eigenvalue weighted by atomic mass is 16.5. The average Bonchev–Trinajstić information content (AvgIpc) is 2.81. The maximum atomic E-state index is 13.2. The third-order valence-corrected chi connectivity index (χ3v) is 5.32. The number of likely N-dealkylation sites (tertiary alicyclic amines) is 1. The van der Waals surface area contributed by atoms with E-state index in [1.807, 2.05) is 31.2 Å². The Morgan fingerprint density at radius 2 is 1.87 bits per heavy atom.